The van der Waals surface area contributed by atoms with E-state index >= 15 is 0 Å². The molecule has 1 saturated carbocycles. The molecule has 1 heterocycles. The van der Waals surface area contributed by atoms with Gasteiger partial charge in [-0.25, -0.2) is 0 Å². The van der Waals surface area contributed by atoms with E-state index in [1.54, 1.807) is 4.90 Å². The van der Waals surface area contributed by atoms with Crippen molar-refractivity contribution in [2.24, 2.45) is 23.5 Å². The third-order valence-electron chi connectivity index (χ3n) is 4.27. The van der Waals surface area contributed by atoms with Crippen LogP contribution in [0.3, 0.4) is 0 Å². The zero-order valence-electron chi connectivity index (χ0n) is 10.9. The number of primary amides is 1. The normalized spacial score (nSPS) is 31.2. The Balaban J connectivity index is 1.93. The zero-order chi connectivity index (χ0) is 14.0. The molecule has 1 aliphatic heterocycles. The van der Waals surface area contributed by atoms with E-state index in [9.17, 15) is 14.4 Å². The Morgan fingerprint density at radius 3 is 2.32 bits per heavy atom. The van der Waals surface area contributed by atoms with Gasteiger partial charge in [0.25, 0.3) is 0 Å². The average Bonchev–Trinajstić information content (AvgIpc) is 2.87. The first kappa shape index (κ1) is 13.8. The molecular weight excluding hydrogens is 248 g/mol. The third kappa shape index (κ3) is 3.05. The number of piperidine rings is 1. The number of likely N-dealkylation sites (tertiary alicyclic amines) is 1. The van der Waals surface area contributed by atoms with Crippen LogP contribution in [0.25, 0.3) is 0 Å². The van der Waals surface area contributed by atoms with E-state index in [0.29, 0.717) is 32.4 Å². The minimum atomic E-state index is -0.816. The van der Waals surface area contributed by atoms with Crippen molar-refractivity contribution in [1.29, 1.82) is 0 Å². The summed E-state index contributed by atoms with van der Waals surface area (Å²) < 4.78 is 0. The lowest BCUT2D eigenvalue weighted by Crippen LogP contribution is -2.46. The van der Waals surface area contributed by atoms with Crippen molar-refractivity contribution < 1.29 is 19.5 Å². The second-order valence-electron chi connectivity index (χ2n) is 5.57. The molecule has 19 heavy (non-hydrogen) atoms. The van der Waals surface area contributed by atoms with E-state index in [-0.39, 0.29) is 23.7 Å². The topological polar surface area (TPSA) is 101 Å². The smallest absolute Gasteiger partial charge is 0.306 e. The summed E-state index contributed by atoms with van der Waals surface area (Å²) in [6.45, 7) is 1.04. The van der Waals surface area contributed by atoms with Gasteiger partial charge in [0, 0.05) is 19.0 Å². The quantitative estimate of drug-likeness (QED) is 0.764. The van der Waals surface area contributed by atoms with Gasteiger partial charge >= 0.3 is 5.97 Å². The maximum Gasteiger partial charge on any atom is 0.306 e. The maximum absolute atomic E-state index is 12.3. The van der Waals surface area contributed by atoms with Gasteiger partial charge < -0.3 is 15.7 Å². The van der Waals surface area contributed by atoms with Crippen LogP contribution in [0.5, 0.6) is 0 Å². The van der Waals surface area contributed by atoms with E-state index in [0.717, 1.165) is 12.8 Å². The number of hydrogen-bond acceptors (Lipinski definition) is 3. The number of hydrogen-bond donors (Lipinski definition) is 2. The molecule has 1 aliphatic carbocycles. The largest absolute Gasteiger partial charge is 0.481 e. The molecule has 106 valence electrons. The highest BCUT2D eigenvalue weighted by atomic mass is 16.4. The van der Waals surface area contributed by atoms with Crippen LogP contribution in [0.2, 0.25) is 0 Å². The molecule has 3 atom stereocenters. The highest BCUT2D eigenvalue weighted by Crippen LogP contribution is 2.33. The SMILES string of the molecule is NC(=O)C1CCCN(C(=O)[C@@H]2CC[C@H](C(=O)O)C2)C1. The van der Waals surface area contributed by atoms with Crippen LogP contribution < -0.4 is 5.73 Å². The number of amides is 2. The number of carbonyl (C=O) groups excluding carboxylic acids is 2. The van der Waals surface area contributed by atoms with E-state index in [4.69, 9.17) is 10.8 Å². The maximum atomic E-state index is 12.3. The molecule has 2 amide bonds. The number of aliphatic carboxylic acids is 1. The number of rotatable bonds is 3. The van der Waals surface area contributed by atoms with Gasteiger partial charge in [-0.1, -0.05) is 0 Å². The molecule has 1 saturated heterocycles. The Morgan fingerprint density at radius 1 is 1.05 bits per heavy atom. The van der Waals surface area contributed by atoms with Crippen molar-refractivity contribution in [2.45, 2.75) is 32.1 Å². The number of nitrogens with zero attached hydrogens (tertiary/aromatic N) is 1. The molecule has 0 aromatic carbocycles. The Labute approximate surface area is 111 Å². The first-order chi connectivity index (χ1) is 8.99. The highest BCUT2D eigenvalue weighted by Gasteiger charge is 2.37. The predicted molar refractivity (Wildman–Crippen MR) is 67.0 cm³/mol. The van der Waals surface area contributed by atoms with Gasteiger partial charge in [-0.3, -0.25) is 14.4 Å². The summed E-state index contributed by atoms with van der Waals surface area (Å²) in [4.78, 5) is 36.1. The van der Waals surface area contributed by atoms with Crippen LogP contribution in [0.4, 0.5) is 0 Å². The molecule has 1 unspecified atom stereocenters. The number of carbonyl (C=O) groups is 3. The van der Waals surface area contributed by atoms with Gasteiger partial charge in [0.2, 0.25) is 11.8 Å². The number of carboxylic acid groups (broad SMARTS) is 1. The summed E-state index contributed by atoms with van der Waals surface area (Å²) in [5, 5.41) is 8.95. The summed E-state index contributed by atoms with van der Waals surface area (Å²) in [5.41, 5.74) is 5.29. The van der Waals surface area contributed by atoms with E-state index in [1.165, 1.54) is 0 Å². The lowest BCUT2D eigenvalue weighted by molar-refractivity contribution is -0.142. The molecule has 2 rings (SSSR count). The Bertz CT molecular complexity index is 396. The van der Waals surface area contributed by atoms with Crippen molar-refractivity contribution in [3.8, 4) is 0 Å². The van der Waals surface area contributed by atoms with Crippen LogP contribution in [0.1, 0.15) is 32.1 Å². The van der Waals surface area contributed by atoms with Crippen molar-refractivity contribution in [3.63, 3.8) is 0 Å². The standard InChI is InChI=1S/C13H20N2O4/c14-11(16)10-2-1-5-15(7-10)12(17)8-3-4-9(6-8)13(18)19/h8-10H,1-7H2,(H2,14,16)(H,18,19)/t8-,9+,10?/m1/s1. The minimum absolute atomic E-state index is 0.00491. The number of carboxylic acids is 1. The van der Waals surface area contributed by atoms with Crippen molar-refractivity contribution in [2.75, 3.05) is 13.1 Å². The lowest BCUT2D eigenvalue weighted by atomic mass is 9.95. The molecule has 0 bridgehead atoms. The Morgan fingerprint density at radius 2 is 1.74 bits per heavy atom. The molecule has 6 nitrogen and oxygen atoms in total. The monoisotopic (exact) mass is 268 g/mol. The number of nitrogens with two attached hydrogens (primary N) is 1. The average molecular weight is 268 g/mol. The molecule has 0 aromatic rings. The fourth-order valence-electron chi connectivity index (χ4n) is 3.10. The van der Waals surface area contributed by atoms with Crippen molar-refractivity contribution in [3.05, 3.63) is 0 Å². The second kappa shape index (κ2) is 5.59. The van der Waals surface area contributed by atoms with Crippen LogP contribution in [-0.2, 0) is 14.4 Å². The molecular formula is C13H20N2O4. The van der Waals surface area contributed by atoms with Gasteiger partial charge in [0.05, 0.1) is 11.8 Å². The van der Waals surface area contributed by atoms with Gasteiger partial charge in [-0.2, -0.15) is 0 Å². The first-order valence-electron chi connectivity index (χ1n) is 6.80. The predicted octanol–water partition coefficient (Wildman–Crippen LogP) is 0.211. The first-order valence-corrected chi connectivity index (χ1v) is 6.80. The highest BCUT2D eigenvalue weighted by molar-refractivity contribution is 5.82. The third-order valence-corrected chi connectivity index (χ3v) is 4.27. The van der Waals surface area contributed by atoms with Crippen molar-refractivity contribution >= 4 is 17.8 Å². The molecule has 3 N–H and O–H groups in total. The Hall–Kier alpha value is -1.59. The molecule has 0 spiro atoms. The Kier molecular flexibility index (Phi) is 4.07. The van der Waals surface area contributed by atoms with Crippen molar-refractivity contribution in [1.82, 2.24) is 4.90 Å². The zero-order valence-corrected chi connectivity index (χ0v) is 10.9. The van der Waals surface area contributed by atoms with E-state index < -0.39 is 11.9 Å². The van der Waals surface area contributed by atoms with E-state index in [1.807, 2.05) is 0 Å². The minimum Gasteiger partial charge on any atom is -0.481 e. The summed E-state index contributed by atoms with van der Waals surface area (Å²) in [5.74, 6) is -2.03. The van der Waals surface area contributed by atoms with Crippen LogP contribution in [0.15, 0.2) is 0 Å². The summed E-state index contributed by atoms with van der Waals surface area (Å²) >= 11 is 0. The summed E-state index contributed by atoms with van der Waals surface area (Å²) in [7, 11) is 0. The fraction of sp³-hybridized carbons (Fsp3) is 0.769. The molecule has 2 fully saturated rings. The molecule has 0 radical (unpaired) electrons. The van der Waals surface area contributed by atoms with Crippen LogP contribution in [0, 0.1) is 17.8 Å². The molecule has 0 aromatic heterocycles. The van der Waals surface area contributed by atoms with Gasteiger partial charge in [0.15, 0.2) is 0 Å². The second-order valence-corrected chi connectivity index (χ2v) is 5.57. The van der Waals surface area contributed by atoms with Gasteiger partial charge in [0.1, 0.15) is 0 Å². The lowest BCUT2D eigenvalue weighted by Gasteiger charge is -2.33. The van der Waals surface area contributed by atoms with Gasteiger partial charge in [-0.15, -0.1) is 0 Å². The fourth-order valence-corrected chi connectivity index (χ4v) is 3.10. The summed E-state index contributed by atoms with van der Waals surface area (Å²) in [6.07, 6.45) is 3.15. The van der Waals surface area contributed by atoms with E-state index in [2.05, 4.69) is 0 Å². The van der Waals surface area contributed by atoms with Crippen LogP contribution >= 0.6 is 0 Å². The van der Waals surface area contributed by atoms with Gasteiger partial charge in [-0.05, 0) is 32.1 Å². The molecule has 6 heteroatoms. The summed E-state index contributed by atoms with van der Waals surface area (Å²) in [6, 6.07) is 0. The molecule has 2 aliphatic rings. The van der Waals surface area contributed by atoms with Crippen LogP contribution in [-0.4, -0.2) is 40.9 Å².